The molecule has 0 fully saturated rings. The molecule has 0 rings (SSSR count). The predicted octanol–water partition coefficient (Wildman–Crippen LogP) is 1.67. The molecule has 0 radical (unpaired) electrons. The molecule has 1 atom stereocenters. The lowest BCUT2D eigenvalue weighted by Crippen LogP contribution is -2.44. The molecule has 0 saturated heterocycles. The predicted molar refractivity (Wildman–Crippen MR) is 46.8 cm³/mol. The normalized spacial score (nSPS) is 16.8. The van der Waals surface area contributed by atoms with Crippen LogP contribution in [0.5, 0.6) is 0 Å². The molecule has 7 heteroatoms. The summed E-state index contributed by atoms with van der Waals surface area (Å²) in [6, 6.07) is 0. The summed E-state index contributed by atoms with van der Waals surface area (Å²) in [4.78, 5) is 0. The Balaban J connectivity index is 4.79. The Morgan fingerprint density at radius 3 is 1.86 bits per heavy atom. The molecule has 0 saturated carbocycles. The zero-order valence-electron chi connectivity index (χ0n) is 8.41. The Labute approximate surface area is 82.0 Å². The fourth-order valence-electron chi connectivity index (χ4n) is 0.809. The molecule has 4 nitrogen and oxygen atoms in total. The van der Waals surface area contributed by atoms with Crippen LogP contribution in [-0.2, 0) is 14.9 Å². The van der Waals surface area contributed by atoms with Gasteiger partial charge in [0, 0.05) is 0 Å². The summed E-state index contributed by atoms with van der Waals surface area (Å²) >= 11 is 0. The van der Waals surface area contributed by atoms with Gasteiger partial charge in [0.25, 0.3) is 0 Å². The second-order valence-electron chi connectivity index (χ2n) is 3.91. The summed E-state index contributed by atoms with van der Waals surface area (Å²) in [6.07, 6.45) is -1.91. The van der Waals surface area contributed by atoms with E-state index in [1.807, 2.05) is 0 Å². The van der Waals surface area contributed by atoms with Crippen molar-refractivity contribution in [2.75, 3.05) is 0 Å². The minimum Gasteiger partial charge on any atom is -0.365 e. The van der Waals surface area contributed by atoms with Crippen LogP contribution >= 0.6 is 0 Å². The van der Waals surface area contributed by atoms with Crippen molar-refractivity contribution in [1.82, 2.24) is 0 Å². The van der Waals surface area contributed by atoms with Gasteiger partial charge in [-0.25, -0.2) is 0 Å². The van der Waals surface area contributed by atoms with E-state index in [0.717, 1.165) is 6.92 Å². The Morgan fingerprint density at radius 1 is 1.29 bits per heavy atom. The number of ether oxygens (including phenoxy) is 1. The highest BCUT2D eigenvalue weighted by atomic mass is 32.2. The first-order valence-electron chi connectivity index (χ1n) is 3.90. The molecular formula is C7H14F2O4S. The van der Waals surface area contributed by atoms with E-state index < -0.39 is 27.1 Å². The molecule has 0 bridgehead atoms. The highest BCUT2D eigenvalue weighted by molar-refractivity contribution is 7.86. The Hall–Kier alpha value is -0.270. The van der Waals surface area contributed by atoms with E-state index in [-0.39, 0.29) is 0 Å². The van der Waals surface area contributed by atoms with Crippen molar-refractivity contribution in [3.63, 3.8) is 0 Å². The van der Waals surface area contributed by atoms with Crippen molar-refractivity contribution in [3.05, 3.63) is 0 Å². The van der Waals surface area contributed by atoms with E-state index in [2.05, 4.69) is 0 Å². The fraction of sp³-hybridized carbons (Fsp3) is 1.00. The zero-order valence-corrected chi connectivity index (χ0v) is 9.23. The molecule has 0 aliphatic rings. The van der Waals surface area contributed by atoms with Gasteiger partial charge < -0.3 is 4.74 Å². The van der Waals surface area contributed by atoms with E-state index in [1.54, 1.807) is 0 Å². The molecule has 0 heterocycles. The molecule has 0 aromatic rings. The van der Waals surface area contributed by atoms with Gasteiger partial charge in [-0.2, -0.15) is 17.2 Å². The third-order valence-corrected chi connectivity index (χ3v) is 2.37. The van der Waals surface area contributed by atoms with Gasteiger partial charge >= 0.3 is 15.4 Å². The first-order chi connectivity index (χ1) is 5.88. The van der Waals surface area contributed by atoms with Crippen LogP contribution in [0.3, 0.4) is 0 Å². The monoisotopic (exact) mass is 232 g/mol. The second-order valence-corrected chi connectivity index (χ2v) is 5.40. The third kappa shape index (κ3) is 3.47. The molecule has 1 unspecified atom stereocenters. The van der Waals surface area contributed by atoms with Crippen molar-refractivity contribution in [3.8, 4) is 0 Å². The molecule has 0 aromatic heterocycles. The summed E-state index contributed by atoms with van der Waals surface area (Å²) in [5.74, 6) is 0. The van der Waals surface area contributed by atoms with E-state index in [9.17, 15) is 17.2 Å². The van der Waals surface area contributed by atoms with Crippen molar-refractivity contribution in [2.45, 2.75) is 44.7 Å². The molecule has 0 spiro atoms. The minimum atomic E-state index is -5.43. The highest BCUT2D eigenvalue weighted by Crippen LogP contribution is 2.29. The maximum absolute atomic E-state index is 12.9. The van der Waals surface area contributed by atoms with Crippen LogP contribution in [0.2, 0.25) is 0 Å². The lowest BCUT2D eigenvalue weighted by molar-refractivity contribution is -0.135. The van der Waals surface area contributed by atoms with E-state index in [1.165, 1.54) is 20.8 Å². The van der Waals surface area contributed by atoms with Gasteiger partial charge in [0.05, 0.1) is 5.60 Å². The first kappa shape index (κ1) is 13.7. The van der Waals surface area contributed by atoms with Gasteiger partial charge in [0.15, 0.2) is 0 Å². The van der Waals surface area contributed by atoms with Crippen molar-refractivity contribution in [1.29, 1.82) is 0 Å². The van der Waals surface area contributed by atoms with Crippen molar-refractivity contribution in [2.24, 2.45) is 0 Å². The average Bonchev–Trinajstić information content (AvgIpc) is 1.80. The van der Waals surface area contributed by atoms with Gasteiger partial charge in [0.1, 0.15) is 6.10 Å². The van der Waals surface area contributed by atoms with Crippen LogP contribution in [0.4, 0.5) is 8.78 Å². The van der Waals surface area contributed by atoms with Gasteiger partial charge in [-0.05, 0) is 27.7 Å². The van der Waals surface area contributed by atoms with Crippen LogP contribution in [0, 0.1) is 0 Å². The van der Waals surface area contributed by atoms with Gasteiger partial charge in [0.2, 0.25) is 0 Å². The summed E-state index contributed by atoms with van der Waals surface area (Å²) in [7, 11) is -5.43. The number of hydrogen-bond acceptors (Lipinski definition) is 3. The van der Waals surface area contributed by atoms with Gasteiger partial charge in [-0.15, -0.1) is 0 Å². The third-order valence-electron chi connectivity index (χ3n) is 1.35. The maximum atomic E-state index is 12.9. The average molecular weight is 232 g/mol. The molecule has 0 aromatic carbocycles. The number of hydrogen-bond donors (Lipinski definition) is 1. The zero-order chi connectivity index (χ0) is 11.8. The fourth-order valence-corrected chi connectivity index (χ4v) is 1.28. The van der Waals surface area contributed by atoms with Crippen molar-refractivity contribution >= 4 is 10.1 Å². The molecular weight excluding hydrogens is 218 g/mol. The highest BCUT2D eigenvalue weighted by Gasteiger charge is 2.51. The summed E-state index contributed by atoms with van der Waals surface area (Å²) < 4.78 is 59.4. The maximum Gasteiger partial charge on any atom is 0.394 e. The summed E-state index contributed by atoms with van der Waals surface area (Å²) in [5.41, 5.74) is -0.909. The van der Waals surface area contributed by atoms with E-state index in [0.29, 0.717) is 0 Å². The smallest absolute Gasteiger partial charge is 0.365 e. The number of rotatable bonds is 3. The first-order valence-corrected chi connectivity index (χ1v) is 5.34. The van der Waals surface area contributed by atoms with E-state index >= 15 is 0 Å². The lowest BCUT2D eigenvalue weighted by Gasteiger charge is -2.28. The standard InChI is InChI=1S/C7H14F2O4S/c1-5(13-6(2,3)4)7(8,9)14(10,11)12/h5H,1-4H3,(H,10,11,12). The topological polar surface area (TPSA) is 63.6 Å². The summed E-state index contributed by atoms with van der Waals surface area (Å²) in [5, 5.41) is -4.29. The van der Waals surface area contributed by atoms with E-state index in [4.69, 9.17) is 9.29 Å². The van der Waals surface area contributed by atoms with Crippen LogP contribution in [0.25, 0.3) is 0 Å². The quantitative estimate of drug-likeness (QED) is 0.752. The molecule has 14 heavy (non-hydrogen) atoms. The SMILES string of the molecule is CC(OC(C)(C)C)C(F)(F)S(=O)(=O)O. The minimum absolute atomic E-state index is 0.888. The Kier molecular flexibility index (Phi) is 3.64. The van der Waals surface area contributed by atoms with Crippen LogP contribution in [0.15, 0.2) is 0 Å². The van der Waals surface area contributed by atoms with Crippen LogP contribution < -0.4 is 0 Å². The van der Waals surface area contributed by atoms with Crippen molar-refractivity contribution < 1.29 is 26.5 Å². The number of halogens is 2. The largest absolute Gasteiger partial charge is 0.394 e. The Bertz CT molecular complexity index is 291. The molecule has 1 N–H and O–H groups in total. The molecule has 0 aliphatic carbocycles. The number of alkyl halides is 2. The van der Waals surface area contributed by atoms with Gasteiger partial charge in [-0.3, -0.25) is 4.55 Å². The van der Waals surface area contributed by atoms with Gasteiger partial charge in [-0.1, -0.05) is 0 Å². The molecule has 86 valence electrons. The second kappa shape index (κ2) is 3.71. The summed E-state index contributed by atoms with van der Waals surface area (Å²) in [6.45, 7) is 5.40. The lowest BCUT2D eigenvalue weighted by atomic mass is 10.2. The van der Waals surface area contributed by atoms with Crippen LogP contribution in [0.1, 0.15) is 27.7 Å². The van der Waals surface area contributed by atoms with Crippen LogP contribution in [-0.4, -0.2) is 29.9 Å². The molecule has 0 amide bonds. The molecule has 0 aliphatic heterocycles. The Morgan fingerprint density at radius 2 is 1.64 bits per heavy atom.